The molecule has 0 unspecified atom stereocenters. The molecule has 0 saturated carbocycles. The lowest BCUT2D eigenvalue weighted by molar-refractivity contribution is -0.205. The van der Waals surface area contributed by atoms with Crippen LogP contribution in [0, 0.1) is 13.8 Å². The Bertz CT molecular complexity index is 740. The van der Waals surface area contributed by atoms with E-state index in [1.54, 1.807) is 11.8 Å². The first-order valence-corrected chi connectivity index (χ1v) is 9.93. The van der Waals surface area contributed by atoms with E-state index in [0.29, 0.717) is 62.3 Å². The minimum atomic E-state index is -0.829. The number of hydrogen-bond acceptors (Lipinski definition) is 6. The Hall–Kier alpha value is -2.06. The highest BCUT2D eigenvalue weighted by molar-refractivity contribution is 5.96. The molecular formula is C20H30N4O4. The van der Waals surface area contributed by atoms with E-state index in [9.17, 15) is 14.7 Å². The summed E-state index contributed by atoms with van der Waals surface area (Å²) >= 11 is 0. The van der Waals surface area contributed by atoms with Crippen LogP contribution in [0.3, 0.4) is 0 Å². The van der Waals surface area contributed by atoms with Gasteiger partial charge in [0, 0.05) is 26.1 Å². The zero-order valence-corrected chi connectivity index (χ0v) is 17.1. The lowest BCUT2D eigenvalue weighted by Crippen LogP contribution is -2.69. The number of nitrogens with one attached hydrogen (secondary N) is 1. The molecule has 28 heavy (non-hydrogen) atoms. The molecule has 3 rings (SSSR count). The number of hydrogen-bond donors (Lipinski definition) is 2. The summed E-state index contributed by atoms with van der Waals surface area (Å²) in [7, 11) is 0. The first-order valence-electron chi connectivity index (χ1n) is 9.93. The third-order valence-corrected chi connectivity index (χ3v) is 6.20. The van der Waals surface area contributed by atoms with E-state index in [0.717, 1.165) is 0 Å². The summed E-state index contributed by atoms with van der Waals surface area (Å²) in [5, 5.41) is 14.1. The summed E-state index contributed by atoms with van der Waals surface area (Å²) in [5.41, 5.74) is 0.409. The van der Waals surface area contributed by atoms with Crippen LogP contribution in [0.15, 0.2) is 6.33 Å². The first kappa shape index (κ1) is 20.7. The fourth-order valence-electron chi connectivity index (χ4n) is 4.37. The van der Waals surface area contributed by atoms with Crippen LogP contribution in [0.25, 0.3) is 0 Å². The summed E-state index contributed by atoms with van der Waals surface area (Å²) in [6.45, 7) is 8.70. The molecular weight excluding hydrogens is 360 g/mol. The number of ether oxygens (including phenoxy) is 1. The highest BCUT2D eigenvalue weighted by Crippen LogP contribution is 2.40. The Kier molecular flexibility index (Phi) is 5.72. The molecule has 2 N–H and O–H groups in total. The van der Waals surface area contributed by atoms with Crippen molar-refractivity contribution in [1.29, 1.82) is 0 Å². The van der Waals surface area contributed by atoms with E-state index in [1.165, 1.54) is 6.33 Å². The number of aliphatic hydroxyl groups is 1. The van der Waals surface area contributed by atoms with Crippen LogP contribution in [0.4, 0.5) is 0 Å². The third-order valence-electron chi connectivity index (χ3n) is 6.20. The SMILES string of the molecule is CCC(=O)N[C@@]1(C)CCOC2(CCN(C(=O)c3c(C)ncnc3C)CC2)[C@@H]1O. The van der Waals surface area contributed by atoms with Gasteiger partial charge in [-0.2, -0.15) is 0 Å². The molecule has 1 spiro atoms. The number of aliphatic hydroxyl groups excluding tert-OH is 1. The first-order chi connectivity index (χ1) is 13.2. The van der Waals surface area contributed by atoms with Gasteiger partial charge in [-0.1, -0.05) is 6.92 Å². The molecule has 0 radical (unpaired) electrons. The molecule has 8 nitrogen and oxygen atoms in total. The number of nitrogens with zero attached hydrogens (tertiary/aromatic N) is 3. The molecule has 1 aromatic rings. The number of amides is 2. The van der Waals surface area contributed by atoms with Gasteiger partial charge in [0.1, 0.15) is 12.4 Å². The smallest absolute Gasteiger partial charge is 0.257 e. The quantitative estimate of drug-likeness (QED) is 0.802. The molecule has 2 saturated heterocycles. The fraction of sp³-hybridized carbons (Fsp3) is 0.700. The van der Waals surface area contributed by atoms with Crippen LogP contribution >= 0.6 is 0 Å². The lowest BCUT2D eigenvalue weighted by Gasteiger charge is -2.53. The summed E-state index contributed by atoms with van der Waals surface area (Å²) < 4.78 is 6.05. The normalized spacial score (nSPS) is 26.9. The van der Waals surface area contributed by atoms with Crippen LogP contribution in [0.1, 0.15) is 61.3 Å². The number of aryl methyl sites for hydroxylation is 2. The van der Waals surface area contributed by atoms with E-state index in [1.807, 2.05) is 20.8 Å². The monoisotopic (exact) mass is 390 g/mol. The van der Waals surface area contributed by atoms with Crippen molar-refractivity contribution < 1.29 is 19.4 Å². The van der Waals surface area contributed by atoms with Gasteiger partial charge in [0.15, 0.2) is 0 Å². The van der Waals surface area contributed by atoms with Crippen molar-refractivity contribution in [2.75, 3.05) is 19.7 Å². The standard InChI is InChI=1S/C20H30N4O4/c1-5-15(25)23-19(4)8-11-28-20(18(19)27)6-9-24(10-7-20)17(26)16-13(2)21-12-22-14(16)3/h12,18,27H,5-11H2,1-4H3,(H,23,25)/t18-,19+/m1/s1. The summed E-state index contributed by atoms with van der Waals surface area (Å²) in [5.74, 6) is -0.168. The van der Waals surface area contributed by atoms with Gasteiger partial charge in [0.25, 0.3) is 5.91 Å². The Morgan fingerprint density at radius 1 is 1.25 bits per heavy atom. The van der Waals surface area contributed by atoms with Crippen molar-refractivity contribution in [1.82, 2.24) is 20.2 Å². The molecule has 2 aliphatic heterocycles. The predicted molar refractivity (Wildman–Crippen MR) is 103 cm³/mol. The van der Waals surface area contributed by atoms with Gasteiger partial charge in [0.05, 0.1) is 28.1 Å². The van der Waals surface area contributed by atoms with Crippen LogP contribution in [-0.2, 0) is 9.53 Å². The average molecular weight is 390 g/mol. The maximum Gasteiger partial charge on any atom is 0.257 e. The number of carbonyl (C=O) groups excluding carboxylic acids is 2. The van der Waals surface area contributed by atoms with Crippen LogP contribution in [-0.4, -0.2) is 68.7 Å². The maximum absolute atomic E-state index is 13.0. The molecule has 2 amide bonds. The topological polar surface area (TPSA) is 105 Å². The van der Waals surface area contributed by atoms with E-state index < -0.39 is 17.2 Å². The third kappa shape index (κ3) is 3.63. The van der Waals surface area contributed by atoms with Gasteiger partial charge in [-0.3, -0.25) is 9.59 Å². The van der Waals surface area contributed by atoms with Crippen molar-refractivity contribution in [2.45, 2.75) is 70.6 Å². The largest absolute Gasteiger partial charge is 0.388 e. The van der Waals surface area contributed by atoms with E-state index in [4.69, 9.17) is 4.74 Å². The molecule has 2 fully saturated rings. The van der Waals surface area contributed by atoms with Crippen LogP contribution in [0.5, 0.6) is 0 Å². The highest BCUT2D eigenvalue weighted by atomic mass is 16.5. The Morgan fingerprint density at radius 3 is 2.43 bits per heavy atom. The number of aromatic nitrogens is 2. The summed E-state index contributed by atoms with van der Waals surface area (Å²) in [4.78, 5) is 35.0. The van der Waals surface area contributed by atoms with Crippen LogP contribution < -0.4 is 5.32 Å². The maximum atomic E-state index is 13.0. The lowest BCUT2D eigenvalue weighted by atomic mass is 9.73. The van der Waals surface area contributed by atoms with Crippen molar-refractivity contribution in [3.05, 3.63) is 23.3 Å². The molecule has 0 bridgehead atoms. The Labute approximate surface area is 165 Å². The van der Waals surface area contributed by atoms with Gasteiger partial charge < -0.3 is 20.1 Å². The molecule has 154 valence electrons. The van der Waals surface area contributed by atoms with Gasteiger partial charge >= 0.3 is 0 Å². The molecule has 1 aromatic heterocycles. The number of rotatable bonds is 3. The predicted octanol–water partition coefficient (Wildman–Crippen LogP) is 1.13. The minimum Gasteiger partial charge on any atom is -0.388 e. The van der Waals surface area contributed by atoms with Gasteiger partial charge in [0.2, 0.25) is 5.91 Å². The van der Waals surface area contributed by atoms with Gasteiger partial charge in [-0.15, -0.1) is 0 Å². The summed E-state index contributed by atoms with van der Waals surface area (Å²) in [6.07, 6.45) is 2.60. The summed E-state index contributed by atoms with van der Waals surface area (Å²) in [6, 6.07) is 0. The van der Waals surface area contributed by atoms with E-state index in [2.05, 4.69) is 15.3 Å². The highest BCUT2D eigenvalue weighted by Gasteiger charge is 2.54. The van der Waals surface area contributed by atoms with Crippen molar-refractivity contribution in [2.24, 2.45) is 0 Å². The fourth-order valence-corrected chi connectivity index (χ4v) is 4.37. The Morgan fingerprint density at radius 2 is 1.86 bits per heavy atom. The zero-order valence-electron chi connectivity index (χ0n) is 17.1. The van der Waals surface area contributed by atoms with Crippen molar-refractivity contribution >= 4 is 11.8 Å². The van der Waals surface area contributed by atoms with E-state index in [-0.39, 0.29) is 11.8 Å². The second-order valence-electron chi connectivity index (χ2n) is 8.10. The Balaban J connectivity index is 1.73. The minimum absolute atomic E-state index is 0.0822. The number of likely N-dealkylation sites (tertiary alicyclic amines) is 1. The molecule has 8 heteroatoms. The van der Waals surface area contributed by atoms with Crippen LogP contribution in [0.2, 0.25) is 0 Å². The average Bonchev–Trinajstić information content (AvgIpc) is 2.66. The molecule has 3 heterocycles. The second-order valence-corrected chi connectivity index (χ2v) is 8.10. The molecule has 0 aromatic carbocycles. The zero-order chi connectivity index (χ0) is 20.5. The number of carbonyl (C=O) groups is 2. The van der Waals surface area contributed by atoms with Crippen molar-refractivity contribution in [3.63, 3.8) is 0 Å². The number of piperidine rings is 1. The van der Waals surface area contributed by atoms with Gasteiger partial charge in [-0.05, 0) is 40.0 Å². The second kappa shape index (κ2) is 7.75. The molecule has 0 aliphatic carbocycles. The van der Waals surface area contributed by atoms with Gasteiger partial charge in [-0.25, -0.2) is 9.97 Å². The van der Waals surface area contributed by atoms with E-state index >= 15 is 0 Å². The molecule has 2 aliphatic rings. The molecule has 2 atom stereocenters. The van der Waals surface area contributed by atoms with Crippen molar-refractivity contribution in [3.8, 4) is 0 Å².